The molecule has 0 spiro atoms. The van der Waals surface area contributed by atoms with Crippen LogP contribution in [0.3, 0.4) is 0 Å². The number of aromatic nitrogens is 1. The Kier molecular flexibility index (Phi) is 8.28. The molecular formula is C16H18F5N3O5. The van der Waals surface area contributed by atoms with Gasteiger partial charge in [0.05, 0.1) is 13.0 Å². The molecule has 29 heavy (non-hydrogen) atoms. The number of alkyl halides is 5. The van der Waals surface area contributed by atoms with Crippen molar-refractivity contribution in [1.82, 2.24) is 14.8 Å². The molecule has 2 N–H and O–H groups in total. The molecule has 0 atom stereocenters. The summed E-state index contributed by atoms with van der Waals surface area (Å²) in [5, 5.41) is 15.9. The van der Waals surface area contributed by atoms with Crippen molar-refractivity contribution in [2.24, 2.45) is 0 Å². The lowest BCUT2D eigenvalue weighted by molar-refractivity contribution is -0.192. The van der Waals surface area contributed by atoms with E-state index in [9.17, 15) is 31.5 Å². The highest BCUT2D eigenvalue weighted by atomic mass is 19.4. The minimum Gasteiger partial charge on any atom is -0.481 e. The number of urea groups is 1. The highest BCUT2D eigenvalue weighted by molar-refractivity contribution is 5.76. The Morgan fingerprint density at radius 2 is 1.86 bits per heavy atom. The van der Waals surface area contributed by atoms with Crippen LogP contribution in [0.4, 0.5) is 26.7 Å². The molecular weight excluding hydrogens is 409 g/mol. The number of likely N-dealkylation sites (tertiary alicyclic amines) is 1. The van der Waals surface area contributed by atoms with Gasteiger partial charge in [-0.2, -0.15) is 13.2 Å². The average molecular weight is 427 g/mol. The van der Waals surface area contributed by atoms with Crippen LogP contribution in [0, 0.1) is 0 Å². The first-order valence-electron chi connectivity index (χ1n) is 8.14. The summed E-state index contributed by atoms with van der Waals surface area (Å²) in [6.07, 6.45) is -2.55. The lowest BCUT2D eigenvalue weighted by Crippen LogP contribution is -2.43. The molecule has 1 aliphatic heterocycles. The van der Waals surface area contributed by atoms with E-state index in [1.807, 2.05) is 0 Å². The summed E-state index contributed by atoms with van der Waals surface area (Å²) in [5.74, 6) is -6.68. The van der Waals surface area contributed by atoms with Crippen molar-refractivity contribution in [3.05, 3.63) is 30.1 Å². The Balaban J connectivity index is 0.000000516. The van der Waals surface area contributed by atoms with E-state index in [1.165, 1.54) is 4.90 Å². The maximum atomic E-state index is 13.2. The second-order valence-corrected chi connectivity index (χ2v) is 6.04. The molecule has 1 saturated heterocycles. The lowest BCUT2D eigenvalue weighted by atomic mass is 10.2. The van der Waals surface area contributed by atoms with E-state index >= 15 is 0 Å². The van der Waals surface area contributed by atoms with Crippen LogP contribution in [0.25, 0.3) is 0 Å². The fourth-order valence-corrected chi connectivity index (χ4v) is 2.28. The van der Waals surface area contributed by atoms with Gasteiger partial charge in [-0.25, -0.2) is 18.4 Å². The quantitative estimate of drug-likeness (QED) is 0.699. The maximum Gasteiger partial charge on any atom is 0.490 e. The maximum absolute atomic E-state index is 13.2. The number of hydrogen-bond acceptors (Lipinski definition) is 4. The Bertz CT molecular complexity index is 715. The zero-order chi connectivity index (χ0) is 22.2. The predicted octanol–water partition coefficient (Wildman–Crippen LogP) is 2.45. The summed E-state index contributed by atoms with van der Waals surface area (Å²) in [6, 6.07) is 2.87. The lowest BCUT2D eigenvalue weighted by Gasteiger charge is -2.27. The van der Waals surface area contributed by atoms with Crippen LogP contribution in [0.15, 0.2) is 24.5 Å². The number of carboxylic acids is 2. The highest BCUT2D eigenvalue weighted by Crippen LogP contribution is 2.27. The third-order valence-electron chi connectivity index (χ3n) is 3.65. The van der Waals surface area contributed by atoms with Crippen LogP contribution in [0.2, 0.25) is 0 Å². The minimum atomic E-state index is -5.08. The van der Waals surface area contributed by atoms with Crippen molar-refractivity contribution in [1.29, 1.82) is 0 Å². The molecule has 13 heteroatoms. The molecule has 1 aromatic heterocycles. The standard InChI is InChI=1S/C14H17F2N3O3.C2HF3O2/c15-14(16)4-7-19(10-14)13(22)18(6-3-12(20)21)9-11-2-1-5-17-8-11;3-2(4,5)1(6)7/h1-2,5,8H,3-4,6-7,9-10H2,(H,20,21);(H,6,7). The number of carboxylic acid groups (broad SMARTS) is 2. The first-order valence-corrected chi connectivity index (χ1v) is 8.14. The summed E-state index contributed by atoms with van der Waals surface area (Å²) in [6.45, 7) is -0.544. The topological polar surface area (TPSA) is 111 Å². The van der Waals surface area contributed by atoms with Crippen molar-refractivity contribution < 1.29 is 46.5 Å². The molecule has 1 aliphatic rings. The number of rotatable bonds is 5. The van der Waals surface area contributed by atoms with E-state index in [2.05, 4.69) is 4.98 Å². The average Bonchev–Trinajstić information content (AvgIpc) is 2.98. The van der Waals surface area contributed by atoms with Crippen molar-refractivity contribution in [2.45, 2.75) is 31.5 Å². The zero-order valence-corrected chi connectivity index (χ0v) is 14.9. The van der Waals surface area contributed by atoms with E-state index in [-0.39, 0.29) is 32.5 Å². The largest absolute Gasteiger partial charge is 0.490 e. The monoisotopic (exact) mass is 427 g/mol. The first kappa shape index (κ1) is 24.0. The number of amides is 2. The van der Waals surface area contributed by atoms with Gasteiger partial charge in [-0.05, 0) is 11.6 Å². The molecule has 1 aromatic rings. The SMILES string of the molecule is O=C(O)C(F)(F)F.O=C(O)CCN(Cc1cccnc1)C(=O)N1CCC(F)(F)C1. The summed E-state index contributed by atoms with van der Waals surface area (Å²) in [4.78, 5) is 38.2. The summed E-state index contributed by atoms with van der Waals surface area (Å²) in [7, 11) is 0. The normalized spacial score (nSPS) is 15.3. The Hall–Kier alpha value is -2.99. The van der Waals surface area contributed by atoms with Crippen LogP contribution in [-0.4, -0.2) is 74.7 Å². The van der Waals surface area contributed by atoms with Gasteiger partial charge < -0.3 is 20.0 Å². The summed E-state index contributed by atoms with van der Waals surface area (Å²) >= 11 is 0. The molecule has 0 bridgehead atoms. The zero-order valence-electron chi connectivity index (χ0n) is 14.9. The van der Waals surface area contributed by atoms with E-state index in [0.717, 1.165) is 4.90 Å². The summed E-state index contributed by atoms with van der Waals surface area (Å²) < 4.78 is 58.2. The van der Waals surface area contributed by atoms with Gasteiger partial charge in [-0.1, -0.05) is 6.07 Å². The number of carbonyl (C=O) groups is 3. The molecule has 2 heterocycles. The smallest absolute Gasteiger partial charge is 0.481 e. The van der Waals surface area contributed by atoms with E-state index in [1.54, 1.807) is 24.5 Å². The van der Waals surface area contributed by atoms with Gasteiger partial charge in [0.1, 0.15) is 0 Å². The number of aliphatic carboxylic acids is 2. The molecule has 0 saturated carbocycles. The summed E-state index contributed by atoms with van der Waals surface area (Å²) in [5.41, 5.74) is 0.715. The van der Waals surface area contributed by atoms with Gasteiger partial charge in [-0.3, -0.25) is 9.78 Å². The minimum absolute atomic E-state index is 0.0254. The Labute approximate surface area is 161 Å². The van der Waals surface area contributed by atoms with Crippen molar-refractivity contribution in [2.75, 3.05) is 19.6 Å². The van der Waals surface area contributed by atoms with E-state index < -0.39 is 36.6 Å². The third-order valence-corrected chi connectivity index (χ3v) is 3.65. The van der Waals surface area contributed by atoms with Gasteiger partial charge in [0.25, 0.3) is 5.92 Å². The van der Waals surface area contributed by atoms with Crippen LogP contribution in [0.5, 0.6) is 0 Å². The van der Waals surface area contributed by atoms with Gasteiger partial charge in [-0.15, -0.1) is 0 Å². The molecule has 1 fully saturated rings. The van der Waals surface area contributed by atoms with Crippen molar-refractivity contribution in [3.63, 3.8) is 0 Å². The third kappa shape index (κ3) is 8.70. The fourth-order valence-electron chi connectivity index (χ4n) is 2.28. The van der Waals surface area contributed by atoms with Gasteiger partial charge in [0, 0.05) is 38.4 Å². The van der Waals surface area contributed by atoms with Crippen molar-refractivity contribution in [3.8, 4) is 0 Å². The molecule has 162 valence electrons. The molecule has 0 aliphatic carbocycles. The Morgan fingerprint density at radius 1 is 1.24 bits per heavy atom. The number of nitrogens with zero attached hydrogens (tertiary/aromatic N) is 3. The van der Waals surface area contributed by atoms with E-state index in [4.69, 9.17) is 15.0 Å². The first-order chi connectivity index (χ1) is 13.3. The molecule has 8 nitrogen and oxygen atoms in total. The number of carbonyl (C=O) groups excluding carboxylic acids is 1. The van der Waals surface area contributed by atoms with E-state index in [0.29, 0.717) is 5.56 Å². The van der Waals surface area contributed by atoms with Crippen LogP contribution in [-0.2, 0) is 16.1 Å². The van der Waals surface area contributed by atoms with Gasteiger partial charge in [0.2, 0.25) is 0 Å². The fraction of sp³-hybridized carbons (Fsp3) is 0.500. The number of halogens is 5. The number of pyridine rings is 1. The second kappa shape index (κ2) is 9.98. The molecule has 0 unspecified atom stereocenters. The van der Waals surface area contributed by atoms with Gasteiger partial charge in [0.15, 0.2) is 0 Å². The Morgan fingerprint density at radius 3 is 2.28 bits per heavy atom. The van der Waals surface area contributed by atoms with Crippen molar-refractivity contribution >= 4 is 18.0 Å². The predicted molar refractivity (Wildman–Crippen MR) is 87.1 cm³/mol. The second-order valence-electron chi connectivity index (χ2n) is 6.04. The van der Waals surface area contributed by atoms with Gasteiger partial charge >= 0.3 is 24.1 Å². The van der Waals surface area contributed by atoms with Crippen LogP contribution in [0.1, 0.15) is 18.4 Å². The molecule has 0 radical (unpaired) electrons. The molecule has 2 rings (SSSR count). The van der Waals surface area contributed by atoms with Crippen LogP contribution >= 0.6 is 0 Å². The molecule has 2 amide bonds. The number of hydrogen-bond donors (Lipinski definition) is 2. The highest BCUT2D eigenvalue weighted by Gasteiger charge is 2.41. The molecule has 0 aromatic carbocycles. The van der Waals surface area contributed by atoms with Crippen LogP contribution < -0.4 is 0 Å².